The molecule has 1 unspecified atom stereocenters. The van der Waals surface area contributed by atoms with Gasteiger partial charge in [-0.25, -0.2) is 0 Å². The van der Waals surface area contributed by atoms with E-state index in [0.717, 1.165) is 32.4 Å². The molecule has 20 heavy (non-hydrogen) atoms. The lowest BCUT2D eigenvalue weighted by Crippen LogP contribution is -2.50. The van der Waals surface area contributed by atoms with Crippen molar-refractivity contribution in [2.24, 2.45) is 16.7 Å². The molecule has 1 amide bonds. The minimum absolute atomic E-state index is 0.0713. The van der Waals surface area contributed by atoms with Gasteiger partial charge in [0, 0.05) is 18.5 Å². The van der Waals surface area contributed by atoms with E-state index in [9.17, 15) is 9.90 Å². The van der Waals surface area contributed by atoms with E-state index in [1.807, 2.05) is 0 Å². The summed E-state index contributed by atoms with van der Waals surface area (Å²) in [5, 5.41) is 16.2. The van der Waals surface area contributed by atoms with Crippen molar-refractivity contribution < 1.29 is 9.90 Å². The molecule has 4 nitrogen and oxygen atoms in total. The first-order valence-electron chi connectivity index (χ1n) is 8.15. The van der Waals surface area contributed by atoms with E-state index in [2.05, 4.69) is 24.5 Å². The molecular formula is C16H30N2O2. The van der Waals surface area contributed by atoms with Crippen molar-refractivity contribution in [1.29, 1.82) is 0 Å². The fraction of sp³-hybridized carbons (Fsp3) is 0.938. The normalized spacial score (nSPS) is 29.6. The van der Waals surface area contributed by atoms with E-state index >= 15 is 0 Å². The highest BCUT2D eigenvalue weighted by atomic mass is 16.3. The first-order valence-corrected chi connectivity index (χ1v) is 8.15. The van der Waals surface area contributed by atoms with E-state index in [0.29, 0.717) is 12.5 Å². The third kappa shape index (κ3) is 3.01. The van der Waals surface area contributed by atoms with Crippen LogP contribution < -0.4 is 10.6 Å². The van der Waals surface area contributed by atoms with Gasteiger partial charge in [-0.3, -0.25) is 4.79 Å². The quantitative estimate of drug-likeness (QED) is 0.719. The molecule has 0 spiro atoms. The summed E-state index contributed by atoms with van der Waals surface area (Å²) < 4.78 is 0. The number of hydrogen-bond acceptors (Lipinski definition) is 3. The number of amides is 1. The molecule has 3 N–H and O–H groups in total. The van der Waals surface area contributed by atoms with Crippen LogP contribution in [0.25, 0.3) is 0 Å². The Balaban J connectivity index is 1.96. The van der Waals surface area contributed by atoms with Crippen molar-refractivity contribution in [2.45, 2.75) is 52.4 Å². The van der Waals surface area contributed by atoms with Gasteiger partial charge in [0.05, 0.1) is 12.0 Å². The Morgan fingerprint density at radius 2 is 1.95 bits per heavy atom. The van der Waals surface area contributed by atoms with Crippen molar-refractivity contribution >= 4 is 5.91 Å². The molecule has 2 fully saturated rings. The van der Waals surface area contributed by atoms with Gasteiger partial charge in [-0.05, 0) is 31.7 Å². The molecule has 0 radical (unpaired) electrons. The van der Waals surface area contributed by atoms with Gasteiger partial charge < -0.3 is 15.7 Å². The maximum Gasteiger partial charge on any atom is 0.227 e. The number of carbonyl (C=O) groups is 1. The van der Waals surface area contributed by atoms with Crippen LogP contribution in [0.15, 0.2) is 0 Å². The Morgan fingerprint density at radius 3 is 2.45 bits per heavy atom. The second kappa shape index (κ2) is 6.44. The van der Waals surface area contributed by atoms with Crippen LogP contribution in [0.5, 0.6) is 0 Å². The fourth-order valence-electron chi connectivity index (χ4n) is 3.80. The van der Waals surface area contributed by atoms with Crippen LogP contribution in [0.4, 0.5) is 0 Å². The van der Waals surface area contributed by atoms with Crippen LogP contribution in [0.1, 0.15) is 52.4 Å². The van der Waals surface area contributed by atoms with Crippen molar-refractivity contribution in [1.82, 2.24) is 10.6 Å². The Morgan fingerprint density at radius 1 is 1.25 bits per heavy atom. The SMILES string of the molecule is CC(C)C1(C(=O)NCC2(CO)CCCCC2)CCNC1. The molecule has 0 aromatic rings. The molecule has 2 aliphatic rings. The first-order chi connectivity index (χ1) is 9.55. The van der Waals surface area contributed by atoms with Crippen LogP contribution >= 0.6 is 0 Å². The molecule has 1 aliphatic carbocycles. The summed E-state index contributed by atoms with van der Waals surface area (Å²) in [6, 6.07) is 0. The predicted molar refractivity (Wildman–Crippen MR) is 80.4 cm³/mol. The van der Waals surface area contributed by atoms with Crippen LogP contribution in [-0.4, -0.2) is 37.3 Å². The lowest BCUT2D eigenvalue weighted by atomic mass is 9.73. The molecule has 0 aromatic heterocycles. The Bertz CT molecular complexity index is 329. The van der Waals surface area contributed by atoms with Gasteiger partial charge in [-0.1, -0.05) is 33.1 Å². The Hall–Kier alpha value is -0.610. The van der Waals surface area contributed by atoms with Gasteiger partial charge in [0.25, 0.3) is 0 Å². The highest BCUT2D eigenvalue weighted by Gasteiger charge is 2.44. The molecule has 0 aromatic carbocycles. The summed E-state index contributed by atoms with van der Waals surface area (Å²) >= 11 is 0. The fourth-order valence-corrected chi connectivity index (χ4v) is 3.80. The second-order valence-corrected chi connectivity index (χ2v) is 7.14. The molecule has 1 saturated carbocycles. The molecule has 4 heteroatoms. The van der Waals surface area contributed by atoms with Crippen LogP contribution in [-0.2, 0) is 4.79 Å². The smallest absolute Gasteiger partial charge is 0.227 e. The van der Waals surface area contributed by atoms with Gasteiger partial charge >= 0.3 is 0 Å². The number of aliphatic hydroxyl groups excluding tert-OH is 1. The number of hydrogen-bond donors (Lipinski definition) is 3. The summed E-state index contributed by atoms with van der Waals surface area (Å²) in [4.78, 5) is 12.7. The monoisotopic (exact) mass is 282 g/mol. The largest absolute Gasteiger partial charge is 0.396 e. The average molecular weight is 282 g/mol. The van der Waals surface area contributed by atoms with Crippen molar-refractivity contribution in [2.75, 3.05) is 26.2 Å². The van der Waals surface area contributed by atoms with E-state index in [1.165, 1.54) is 19.3 Å². The minimum atomic E-state index is -0.259. The average Bonchev–Trinajstić information content (AvgIpc) is 2.97. The van der Waals surface area contributed by atoms with E-state index < -0.39 is 0 Å². The number of rotatable bonds is 5. The number of carbonyl (C=O) groups excluding carboxylic acids is 1. The zero-order valence-electron chi connectivity index (χ0n) is 13.0. The van der Waals surface area contributed by atoms with Gasteiger partial charge in [-0.2, -0.15) is 0 Å². The Labute approximate surface area is 122 Å². The standard InChI is InChI=1S/C16H30N2O2/c1-13(2)16(8-9-17-11-16)14(20)18-10-15(12-19)6-4-3-5-7-15/h13,17,19H,3-12H2,1-2H3,(H,18,20). The topological polar surface area (TPSA) is 61.4 Å². The number of aliphatic hydroxyl groups is 1. The summed E-state index contributed by atoms with van der Waals surface area (Å²) in [5.74, 6) is 0.518. The van der Waals surface area contributed by atoms with Crippen molar-refractivity contribution in [3.8, 4) is 0 Å². The first kappa shape index (κ1) is 15.8. The summed E-state index contributed by atoms with van der Waals surface area (Å²) in [6.07, 6.45) is 6.60. The summed E-state index contributed by atoms with van der Waals surface area (Å²) in [7, 11) is 0. The van der Waals surface area contributed by atoms with Crippen molar-refractivity contribution in [3.63, 3.8) is 0 Å². The van der Waals surface area contributed by atoms with Crippen LogP contribution in [0, 0.1) is 16.7 Å². The highest BCUT2D eigenvalue weighted by Crippen LogP contribution is 2.37. The third-order valence-electron chi connectivity index (χ3n) is 5.62. The maximum absolute atomic E-state index is 12.7. The molecule has 1 aliphatic heterocycles. The molecule has 0 bridgehead atoms. The lowest BCUT2D eigenvalue weighted by molar-refractivity contribution is -0.133. The highest BCUT2D eigenvalue weighted by molar-refractivity contribution is 5.83. The maximum atomic E-state index is 12.7. The molecule has 1 saturated heterocycles. The van der Waals surface area contributed by atoms with Gasteiger partial charge in [-0.15, -0.1) is 0 Å². The Kier molecular flexibility index (Phi) is 5.08. The molecule has 116 valence electrons. The van der Waals surface area contributed by atoms with E-state index in [-0.39, 0.29) is 23.3 Å². The molecular weight excluding hydrogens is 252 g/mol. The minimum Gasteiger partial charge on any atom is -0.396 e. The number of nitrogens with one attached hydrogen (secondary N) is 2. The van der Waals surface area contributed by atoms with E-state index in [1.54, 1.807) is 0 Å². The summed E-state index contributed by atoms with van der Waals surface area (Å²) in [5.41, 5.74) is -0.330. The van der Waals surface area contributed by atoms with Crippen LogP contribution in [0.2, 0.25) is 0 Å². The zero-order valence-corrected chi connectivity index (χ0v) is 13.0. The molecule has 1 heterocycles. The van der Waals surface area contributed by atoms with Crippen molar-refractivity contribution in [3.05, 3.63) is 0 Å². The van der Waals surface area contributed by atoms with Crippen LogP contribution in [0.3, 0.4) is 0 Å². The van der Waals surface area contributed by atoms with Gasteiger partial charge in [0.15, 0.2) is 0 Å². The zero-order chi connectivity index (χ0) is 14.6. The van der Waals surface area contributed by atoms with Gasteiger partial charge in [0.2, 0.25) is 5.91 Å². The van der Waals surface area contributed by atoms with Gasteiger partial charge in [0.1, 0.15) is 0 Å². The summed E-state index contributed by atoms with van der Waals surface area (Å²) in [6.45, 7) is 6.81. The van der Waals surface area contributed by atoms with E-state index in [4.69, 9.17) is 0 Å². The predicted octanol–water partition coefficient (Wildman–Crippen LogP) is 1.68. The third-order valence-corrected chi connectivity index (χ3v) is 5.62. The second-order valence-electron chi connectivity index (χ2n) is 7.14. The molecule has 2 rings (SSSR count). The lowest BCUT2D eigenvalue weighted by Gasteiger charge is -2.38. The molecule has 1 atom stereocenters.